The number of aryl methyl sites for hydroxylation is 1. The maximum Gasteiger partial charge on any atom is 0.223 e. The number of halogens is 1. The number of carbonyl (C=O) groups is 1. The molecule has 35 heavy (non-hydrogen) atoms. The van der Waals surface area contributed by atoms with Crippen molar-refractivity contribution in [1.29, 1.82) is 0 Å². The van der Waals surface area contributed by atoms with E-state index < -0.39 is 0 Å². The lowest BCUT2D eigenvalue weighted by Crippen LogP contribution is -2.39. The van der Waals surface area contributed by atoms with E-state index >= 15 is 0 Å². The van der Waals surface area contributed by atoms with Gasteiger partial charge in [-0.15, -0.1) is 0 Å². The van der Waals surface area contributed by atoms with Crippen LogP contribution in [0.15, 0.2) is 85.1 Å². The highest BCUT2D eigenvalue weighted by Crippen LogP contribution is 2.36. The Bertz CT molecular complexity index is 1290. The number of amides is 1. The normalized spacial score (nSPS) is 15.4. The number of benzene rings is 3. The second-order valence-electron chi connectivity index (χ2n) is 9.71. The Morgan fingerprint density at radius 2 is 1.71 bits per heavy atom. The number of rotatable bonds is 7. The molecular formula is C31H33ClN2O. The average molecular weight is 485 g/mol. The Labute approximate surface area is 213 Å². The number of hydrogen-bond donors (Lipinski definition) is 0. The van der Waals surface area contributed by atoms with Gasteiger partial charge in [0.05, 0.1) is 0 Å². The van der Waals surface area contributed by atoms with Gasteiger partial charge >= 0.3 is 0 Å². The van der Waals surface area contributed by atoms with Gasteiger partial charge in [0.2, 0.25) is 5.91 Å². The monoisotopic (exact) mass is 484 g/mol. The lowest BCUT2D eigenvalue weighted by molar-refractivity contribution is -0.132. The molecule has 0 unspecified atom stereocenters. The van der Waals surface area contributed by atoms with Crippen LogP contribution in [-0.2, 0) is 17.8 Å². The Morgan fingerprint density at radius 1 is 0.971 bits per heavy atom. The third-order valence-corrected chi connectivity index (χ3v) is 7.73. The first-order valence-corrected chi connectivity index (χ1v) is 13.1. The van der Waals surface area contributed by atoms with E-state index in [1.807, 2.05) is 18.2 Å². The summed E-state index contributed by atoms with van der Waals surface area (Å²) in [6, 6.07) is 27.2. The highest BCUT2D eigenvalue weighted by molar-refractivity contribution is 6.30. The van der Waals surface area contributed by atoms with Gasteiger partial charge in [0.25, 0.3) is 0 Å². The third-order valence-electron chi connectivity index (χ3n) is 7.50. The minimum Gasteiger partial charge on any atom is -0.347 e. The molecule has 0 saturated carbocycles. The summed E-state index contributed by atoms with van der Waals surface area (Å²) < 4.78 is 2.28. The molecule has 1 aliphatic heterocycles. The van der Waals surface area contributed by atoms with Crippen LogP contribution in [0, 0.1) is 5.92 Å². The standard InChI is InChI=1S/C31H33ClN2O/c1-2-33-22-29(27-13-6-7-14-30(27)33)28(25-11-8-12-26(32)20-25)21-31(35)34-17-15-24(16-18-34)19-23-9-4-3-5-10-23/h3-14,20,22,24,28H,2,15-19,21H2,1H3/t28-/m0/s1. The summed E-state index contributed by atoms with van der Waals surface area (Å²) in [6.45, 7) is 4.74. The molecule has 4 aromatic rings. The second-order valence-corrected chi connectivity index (χ2v) is 10.1. The van der Waals surface area contributed by atoms with Crippen molar-refractivity contribution in [2.75, 3.05) is 13.1 Å². The van der Waals surface area contributed by atoms with E-state index in [2.05, 4.69) is 83.3 Å². The zero-order chi connectivity index (χ0) is 24.2. The fourth-order valence-corrected chi connectivity index (χ4v) is 5.78. The molecule has 3 nitrogen and oxygen atoms in total. The minimum absolute atomic E-state index is 0.0269. The van der Waals surface area contributed by atoms with Gasteiger partial charge in [0, 0.05) is 54.1 Å². The van der Waals surface area contributed by atoms with Gasteiger partial charge in [-0.3, -0.25) is 4.79 Å². The molecule has 1 aromatic heterocycles. The van der Waals surface area contributed by atoms with E-state index in [4.69, 9.17) is 11.6 Å². The Hall–Kier alpha value is -3.04. The van der Waals surface area contributed by atoms with Crippen molar-refractivity contribution in [2.24, 2.45) is 5.92 Å². The molecule has 2 heterocycles. The number of likely N-dealkylation sites (tertiary alicyclic amines) is 1. The van der Waals surface area contributed by atoms with Crippen molar-refractivity contribution in [1.82, 2.24) is 9.47 Å². The lowest BCUT2D eigenvalue weighted by Gasteiger charge is -2.33. The third kappa shape index (κ3) is 5.31. The molecule has 0 radical (unpaired) electrons. The molecule has 0 bridgehead atoms. The first kappa shape index (κ1) is 23.7. The van der Waals surface area contributed by atoms with Crippen LogP contribution in [0.5, 0.6) is 0 Å². The molecule has 0 aliphatic carbocycles. The summed E-state index contributed by atoms with van der Waals surface area (Å²) in [4.78, 5) is 15.7. The second kappa shape index (κ2) is 10.7. The van der Waals surface area contributed by atoms with E-state index in [0.717, 1.165) is 44.5 Å². The van der Waals surface area contributed by atoms with Gasteiger partial charge in [-0.25, -0.2) is 0 Å². The van der Waals surface area contributed by atoms with E-state index in [0.29, 0.717) is 17.4 Å². The summed E-state index contributed by atoms with van der Waals surface area (Å²) in [5, 5.41) is 1.93. The van der Waals surface area contributed by atoms with Crippen molar-refractivity contribution in [2.45, 2.75) is 45.1 Å². The zero-order valence-corrected chi connectivity index (χ0v) is 21.1. The van der Waals surface area contributed by atoms with Crippen LogP contribution in [0.25, 0.3) is 10.9 Å². The highest BCUT2D eigenvalue weighted by atomic mass is 35.5. The van der Waals surface area contributed by atoms with Crippen LogP contribution >= 0.6 is 11.6 Å². The van der Waals surface area contributed by atoms with Crippen LogP contribution in [-0.4, -0.2) is 28.5 Å². The van der Waals surface area contributed by atoms with Gasteiger partial charge in [-0.05, 0) is 67.0 Å². The smallest absolute Gasteiger partial charge is 0.223 e. The molecule has 5 rings (SSSR count). The fourth-order valence-electron chi connectivity index (χ4n) is 5.58. The van der Waals surface area contributed by atoms with Crippen LogP contribution in [0.3, 0.4) is 0 Å². The predicted octanol–water partition coefficient (Wildman–Crippen LogP) is 7.32. The number of nitrogens with zero attached hydrogens (tertiary/aromatic N) is 2. The zero-order valence-electron chi connectivity index (χ0n) is 20.4. The fraction of sp³-hybridized carbons (Fsp3) is 0.323. The average Bonchev–Trinajstić information content (AvgIpc) is 3.27. The lowest BCUT2D eigenvalue weighted by atomic mass is 9.86. The van der Waals surface area contributed by atoms with Crippen LogP contribution in [0.1, 0.15) is 48.8 Å². The minimum atomic E-state index is -0.0269. The molecule has 4 heteroatoms. The largest absolute Gasteiger partial charge is 0.347 e. The number of piperidine rings is 1. The van der Waals surface area contributed by atoms with Gasteiger partial charge in [-0.1, -0.05) is 72.3 Å². The molecule has 1 atom stereocenters. The molecule has 1 saturated heterocycles. The molecule has 0 N–H and O–H groups in total. The molecule has 3 aromatic carbocycles. The van der Waals surface area contributed by atoms with E-state index in [-0.39, 0.29) is 11.8 Å². The summed E-state index contributed by atoms with van der Waals surface area (Å²) in [5.74, 6) is 0.857. The van der Waals surface area contributed by atoms with Gasteiger partial charge in [0.15, 0.2) is 0 Å². The Kier molecular flexibility index (Phi) is 7.24. The predicted molar refractivity (Wildman–Crippen MR) is 145 cm³/mol. The molecular weight excluding hydrogens is 452 g/mol. The maximum absolute atomic E-state index is 13.6. The number of para-hydroxylation sites is 1. The van der Waals surface area contributed by atoms with Gasteiger partial charge in [0.1, 0.15) is 0 Å². The number of carbonyl (C=O) groups excluding carboxylic acids is 1. The SMILES string of the molecule is CCn1cc([C@@H](CC(=O)N2CCC(Cc3ccccc3)CC2)c2cccc(Cl)c2)c2ccccc21. The van der Waals surface area contributed by atoms with E-state index in [1.165, 1.54) is 22.0 Å². The Morgan fingerprint density at radius 3 is 2.46 bits per heavy atom. The number of aromatic nitrogens is 1. The summed E-state index contributed by atoms with van der Waals surface area (Å²) >= 11 is 6.39. The first-order valence-electron chi connectivity index (χ1n) is 12.8. The van der Waals surface area contributed by atoms with E-state index in [9.17, 15) is 4.79 Å². The van der Waals surface area contributed by atoms with Crippen molar-refractivity contribution < 1.29 is 4.79 Å². The molecule has 1 fully saturated rings. The quantitative estimate of drug-likeness (QED) is 0.270. The summed E-state index contributed by atoms with van der Waals surface area (Å²) in [5.41, 5.74) is 4.91. The number of fused-ring (bicyclic) bond motifs is 1. The topological polar surface area (TPSA) is 25.2 Å². The summed E-state index contributed by atoms with van der Waals surface area (Å²) in [6.07, 6.45) is 5.93. The van der Waals surface area contributed by atoms with Crippen molar-refractivity contribution in [3.05, 3.63) is 107 Å². The Balaban J connectivity index is 1.36. The van der Waals surface area contributed by atoms with E-state index in [1.54, 1.807) is 0 Å². The molecule has 0 spiro atoms. The highest BCUT2D eigenvalue weighted by Gasteiger charge is 2.28. The molecule has 180 valence electrons. The van der Waals surface area contributed by atoms with Crippen molar-refractivity contribution in [3.8, 4) is 0 Å². The van der Waals surface area contributed by atoms with Gasteiger partial charge < -0.3 is 9.47 Å². The molecule has 1 aliphatic rings. The number of hydrogen-bond acceptors (Lipinski definition) is 1. The van der Waals surface area contributed by atoms with Crippen molar-refractivity contribution in [3.63, 3.8) is 0 Å². The van der Waals surface area contributed by atoms with Gasteiger partial charge in [-0.2, -0.15) is 0 Å². The maximum atomic E-state index is 13.6. The van der Waals surface area contributed by atoms with Crippen LogP contribution < -0.4 is 0 Å². The van der Waals surface area contributed by atoms with Crippen molar-refractivity contribution >= 4 is 28.4 Å². The first-order chi connectivity index (χ1) is 17.1. The molecule has 1 amide bonds. The van der Waals surface area contributed by atoms with Crippen LogP contribution in [0.2, 0.25) is 5.02 Å². The van der Waals surface area contributed by atoms with Crippen LogP contribution in [0.4, 0.5) is 0 Å². The summed E-state index contributed by atoms with van der Waals surface area (Å²) in [7, 11) is 0.